The zero-order valence-electron chi connectivity index (χ0n) is 44.7. The zero-order valence-corrected chi connectivity index (χ0v) is 47.1. The molecule has 7 rings (SSSR count). The van der Waals surface area contributed by atoms with Gasteiger partial charge in [0.05, 0.1) is 22.9 Å². The van der Waals surface area contributed by atoms with Crippen LogP contribution in [-0.2, 0) is 31.0 Å². The number of nitrogens with two attached hydrogens (primary N) is 2. The molecule has 24 nitrogen and oxygen atoms in total. The number of rotatable bonds is 17. The maximum Gasteiger partial charge on any atom is 0.455 e. The minimum Gasteiger partial charge on any atom is -0.370 e. The molecule has 5 N–H and O–H groups in total. The number of benzene rings is 3. The maximum absolute atomic E-state index is 13.0. The number of hydrogen-bond donors (Lipinski definition) is 3. The minimum absolute atomic E-state index is 0.0162. The van der Waals surface area contributed by atoms with Gasteiger partial charge in [0.25, 0.3) is 16.2 Å². The van der Waals surface area contributed by atoms with Crippen molar-refractivity contribution in [2.24, 2.45) is 5.73 Å². The Morgan fingerprint density at radius 2 is 1.34 bits per heavy atom. The quantitative estimate of drug-likeness (QED) is 0.0753. The number of aromatic nitrogens is 12. The molecule has 0 spiro atoms. The largest absolute Gasteiger partial charge is 0.455 e. The summed E-state index contributed by atoms with van der Waals surface area (Å²) in [5.41, 5.74) is 13.6. The molecule has 0 aliphatic carbocycles. The molecule has 0 saturated heterocycles. The Labute approximate surface area is 462 Å². The number of alkyl halides is 5. The number of aromatic amines is 1. The van der Waals surface area contributed by atoms with Crippen LogP contribution in [0.1, 0.15) is 80.3 Å². The SMILES string of the molecule is CCCN(CC)C(=O)n1cnc(S(=O)(=O)CCC)n1.CCN(CC)C(=O)n1cnc(S(=O)(=O)c2c(C)cc(C)cc2C)n1.NC(=O)c1nc(-c2ccccc2)n(-c2ccc(Cl)c(COCC(F)(F)C(F)(F)F)c2)n1.Nc1nc[nH]n1. The van der Waals surface area contributed by atoms with E-state index in [1.165, 1.54) is 34.1 Å². The van der Waals surface area contributed by atoms with Crippen LogP contribution >= 0.6 is 11.6 Å². The summed E-state index contributed by atoms with van der Waals surface area (Å²) in [6, 6.07) is 15.8. The van der Waals surface area contributed by atoms with E-state index >= 15 is 0 Å². The Balaban J connectivity index is 0.000000251. The molecule has 0 atom stereocenters. The number of ether oxygens (including phenoxy) is 1. The number of carbonyl (C=O) groups excluding carboxylic acids is 3. The van der Waals surface area contributed by atoms with E-state index in [0.717, 1.165) is 34.0 Å². The molecule has 0 unspecified atom stereocenters. The van der Waals surface area contributed by atoms with Crippen LogP contribution in [0.2, 0.25) is 5.02 Å². The molecule has 0 saturated carbocycles. The number of carbonyl (C=O) groups is 3. The highest BCUT2D eigenvalue weighted by atomic mass is 35.5. The predicted molar refractivity (Wildman–Crippen MR) is 282 cm³/mol. The van der Waals surface area contributed by atoms with Crippen molar-refractivity contribution in [3.05, 3.63) is 113 Å². The summed E-state index contributed by atoms with van der Waals surface area (Å²) in [7, 11) is -7.36. The summed E-state index contributed by atoms with van der Waals surface area (Å²) >= 11 is 6.03. The van der Waals surface area contributed by atoms with E-state index in [1.807, 2.05) is 34.6 Å². The number of anilines is 1. The topological polar surface area (TPSA) is 321 Å². The number of hydrogen-bond acceptors (Lipinski definition) is 17. The Bertz CT molecular complexity index is 3390. The predicted octanol–water partition coefficient (Wildman–Crippen LogP) is 7.30. The highest BCUT2D eigenvalue weighted by Crippen LogP contribution is 2.36. The van der Waals surface area contributed by atoms with Gasteiger partial charge in [-0.1, -0.05) is 73.5 Å². The minimum atomic E-state index is -5.73. The average molecular weight is 1180 g/mol. The number of aryl methyl sites for hydroxylation is 3. The number of nitrogen functional groups attached to an aromatic ring is 1. The fourth-order valence-electron chi connectivity index (χ4n) is 7.19. The lowest BCUT2D eigenvalue weighted by Gasteiger charge is -2.19. The van der Waals surface area contributed by atoms with Gasteiger partial charge in [0, 0.05) is 36.8 Å². The number of nitrogens with one attached hydrogen (secondary N) is 1. The molecule has 0 aliphatic heterocycles. The van der Waals surface area contributed by atoms with Crippen molar-refractivity contribution < 1.29 is 57.9 Å². The van der Waals surface area contributed by atoms with Crippen molar-refractivity contribution in [1.29, 1.82) is 0 Å². The van der Waals surface area contributed by atoms with Gasteiger partial charge in [0.2, 0.25) is 31.4 Å². The number of H-pyrrole nitrogens is 1. The lowest BCUT2D eigenvalue weighted by Crippen LogP contribution is -2.40. The molecule has 7 aromatic rings. The molecule has 0 radical (unpaired) electrons. The molecular weight excluding hydrogens is 1120 g/mol. The Hall–Kier alpha value is -7.77. The number of nitrogens with zero attached hydrogens (tertiary/aromatic N) is 13. The first-order valence-electron chi connectivity index (χ1n) is 24.3. The fraction of sp³-hybridized carbons (Fsp3) is 0.396. The summed E-state index contributed by atoms with van der Waals surface area (Å²) < 4.78 is 120. The second-order valence-electron chi connectivity index (χ2n) is 17.0. The van der Waals surface area contributed by atoms with Gasteiger partial charge in [-0.05, 0) is 89.3 Å². The third kappa shape index (κ3) is 16.9. The Morgan fingerprint density at radius 3 is 1.84 bits per heavy atom. The smallest absolute Gasteiger partial charge is 0.370 e. The second kappa shape index (κ2) is 28.4. The highest BCUT2D eigenvalue weighted by Gasteiger charge is 2.57. The van der Waals surface area contributed by atoms with Gasteiger partial charge >= 0.3 is 24.2 Å². The van der Waals surface area contributed by atoms with Crippen molar-refractivity contribution in [1.82, 2.24) is 69.3 Å². The van der Waals surface area contributed by atoms with E-state index in [4.69, 9.17) is 23.1 Å². The maximum atomic E-state index is 13.0. The normalized spacial score (nSPS) is 11.6. The van der Waals surface area contributed by atoms with E-state index in [9.17, 15) is 53.2 Å². The summed E-state index contributed by atoms with van der Waals surface area (Å²) in [6.07, 6.45) is -0.683. The summed E-state index contributed by atoms with van der Waals surface area (Å²) in [5, 5.41) is 17.1. The lowest BCUT2D eigenvalue weighted by molar-refractivity contribution is -0.297. The van der Waals surface area contributed by atoms with Crippen LogP contribution in [-0.4, -0.2) is 155 Å². The van der Waals surface area contributed by atoms with Crippen LogP contribution in [0.5, 0.6) is 0 Å². The van der Waals surface area contributed by atoms with Crippen molar-refractivity contribution >= 4 is 55.2 Å². The van der Waals surface area contributed by atoms with E-state index in [0.29, 0.717) is 55.0 Å². The van der Waals surface area contributed by atoms with Crippen LogP contribution < -0.4 is 11.5 Å². The van der Waals surface area contributed by atoms with E-state index < -0.39 is 56.9 Å². The molecule has 0 bridgehead atoms. The second-order valence-corrected chi connectivity index (χ2v) is 21.2. The molecule has 32 heteroatoms. The van der Waals surface area contributed by atoms with Crippen molar-refractivity contribution in [2.45, 2.75) is 102 Å². The lowest BCUT2D eigenvalue weighted by atomic mass is 10.1. The average Bonchev–Trinajstić information content (AvgIpc) is 4.36. The first kappa shape index (κ1) is 64.8. The van der Waals surface area contributed by atoms with Crippen LogP contribution in [0, 0.1) is 20.8 Å². The molecule has 4 aromatic heterocycles. The summed E-state index contributed by atoms with van der Waals surface area (Å²) in [4.78, 5) is 54.4. The Morgan fingerprint density at radius 1 is 0.762 bits per heavy atom. The van der Waals surface area contributed by atoms with Crippen molar-refractivity contribution in [2.75, 3.05) is 44.3 Å². The van der Waals surface area contributed by atoms with Gasteiger partial charge in [-0.25, -0.2) is 51.0 Å². The fourth-order valence-corrected chi connectivity index (χ4v) is 10.0. The van der Waals surface area contributed by atoms with Gasteiger partial charge in [-0.15, -0.1) is 20.4 Å². The molecule has 80 heavy (non-hydrogen) atoms. The van der Waals surface area contributed by atoms with Gasteiger partial charge in [0.15, 0.2) is 5.82 Å². The third-order valence-corrected chi connectivity index (χ3v) is 14.8. The first-order chi connectivity index (χ1) is 37.6. The van der Waals surface area contributed by atoms with Crippen LogP contribution in [0.15, 0.2) is 94.9 Å². The molecular formula is C48H60ClF5N16O8S2. The van der Waals surface area contributed by atoms with Crippen LogP contribution in [0.4, 0.5) is 37.5 Å². The van der Waals surface area contributed by atoms with Gasteiger partial charge in [-0.3, -0.25) is 9.89 Å². The first-order valence-corrected chi connectivity index (χ1v) is 27.8. The zero-order chi connectivity index (χ0) is 59.8. The third-order valence-electron chi connectivity index (χ3n) is 10.9. The summed E-state index contributed by atoms with van der Waals surface area (Å²) in [5.74, 6) is -5.61. The van der Waals surface area contributed by atoms with Gasteiger partial charge in [0.1, 0.15) is 25.6 Å². The van der Waals surface area contributed by atoms with E-state index in [1.54, 1.807) is 68.1 Å². The molecule has 4 heterocycles. The van der Waals surface area contributed by atoms with Crippen molar-refractivity contribution in [3.63, 3.8) is 0 Å². The molecule has 3 amide bonds. The van der Waals surface area contributed by atoms with E-state index in [-0.39, 0.29) is 55.2 Å². The number of halogens is 6. The Kier molecular flexibility index (Phi) is 23.0. The molecule has 434 valence electrons. The van der Waals surface area contributed by atoms with Crippen LogP contribution in [0.3, 0.4) is 0 Å². The summed E-state index contributed by atoms with van der Waals surface area (Å²) in [6.45, 7) is 14.4. The standard InChI is InChI=1S/C19H14ClF5N4O2.C16H22N4O3S.C11H20N4O3S.C2H4N4/c20-14-7-6-13(8-12(14)9-31-10-18(21,22)19(23,24)25)29-17(11-4-2-1-3-5-11)27-16(28-29)15(26)30;1-6-19(7-2)16(21)20-10-17-15(18-20)24(22,23)14-12(4)8-11(3)9-13(14)5;1-4-7-14(6-3)11(16)15-9-12-10(13-15)19(17,18)8-5-2;3-2-4-1-5-6-2/h1-8H,9-10H2,(H2,26,30);8-10H,6-7H2,1-5H3;9H,4-8H2,1-3H3;1H,(H3,3,4,5,6). The number of sulfone groups is 2. The van der Waals surface area contributed by atoms with Crippen LogP contribution in [0.25, 0.3) is 17.1 Å². The molecule has 3 aromatic carbocycles. The number of primary amides is 1. The molecule has 0 aliphatic rings. The van der Waals surface area contributed by atoms with Gasteiger partial charge in [-0.2, -0.15) is 31.3 Å². The highest BCUT2D eigenvalue weighted by molar-refractivity contribution is 7.91. The monoisotopic (exact) mass is 1180 g/mol. The molecule has 0 fully saturated rings. The van der Waals surface area contributed by atoms with E-state index in [2.05, 4.69) is 50.2 Å². The number of amides is 3. The van der Waals surface area contributed by atoms with Gasteiger partial charge < -0.3 is 26.0 Å². The van der Waals surface area contributed by atoms with Crippen molar-refractivity contribution in [3.8, 4) is 17.1 Å².